The topological polar surface area (TPSA) is 56.5 Å². The molecule has 1 aromatic heterocycles. The first kappa shape index (κ1) is 16.2. The fourth-order valence-corrected chi connectivity index (χ4v) is 1.45. The molecule has 6 heteroatoms. The summed E-state index contributed by atoms with van der Waals surface area (Å²) in [6, 6.07) is 0. The van der Waals surface area contributed by atoms with Gasteiger partial charge in [0.15, 0.2) is 0 Å². The van der Waals surface area contributed by atoms with Crippen LogP contribution in [0.25, 0.3) is 0 Å². The van der Waals surface area contributed by atoms with E-state index in [4.69, 9.17) is 9.39 Å². The van der Waals surface area contributed by atoms with Crippen molar-refractivity contribution in [3.05, 3.63) is 11.8 Å². The molecule has 0 saturated heterocycles. The maximum absolute atomic E-state index is 10.1. The van der Waals surface area contributed by atoms with Crippen LogP contribution in [0.1, 0.15) is 40.2 Å². The van der Waals surface area contributed by atoms with Gasteiger partial charge in [-0.3, -0.25) is 4.68 Å². The van der Waals surface area contributed by atoms with Gasteiger partial charge in [0.05, 0.1) is 24.0 Å². The number of ether oxygens (including phenoxy) is 1. The summed E-state index contributed by atoms with van der Waals surface area (Å²) in [5, 5.41) is 14.3. The summed E-state index contributed by atoms with van der Waals surface area (Å²) in [6.07, 6.45) is 1.80. The Balaban J connectivity index is 2.75. The molecule has 0 bridgehead atoms. The molecule has 1 rings (SSSR count). The van der Waals surface area contributed by atoms with E-state index in [9.17, 15) is 5.11 Å². The summed E-state index contributed by atoms with van der Waals surface area (Å²) in [7, 11) is 2.28. The molecule has 0 fully saturated rings. The van der Waals surface area contributed by atoms with E-state index in [1.807, 2.05) is 27.8 Å². The third-order valence-corrected chi connectivity index (χ3v) is 3.65. The predicted octanol–water partition coefficient (Wildman–Crippen LogP) is 0.499. The molecule has 0 aliphatic heterocycles. The minimum atomic E-state index is -0.911. The smallest absolute Gasteiger partial charge is 0.329 e. The summed E-state index contributed by atoms with van der Waals surface area (Å²) in [6.45, 7) is 10.4. The number of hydrogen-bond acceptors (Lipinski definition) is 4. The van der Waals surface area contributed by atoms with Crippen LogP contribution < -0.4 is 5.59 Å². The highest BCUT2D eigenvalue weighted by Crippen LogP contribution is 2.24. The molecular weight excluding hydrogens is 243 g/mol. The highest BCUT2D eigenvalue weighted by atomic mass is 16.5. The maximum Gasteiger partial charge on any atom is 0.329 e. The van der Waals surface area contributed by atoms with E-state index < -0.39 is 11.2 Å². The SMILES string of the molecule is CCOCc1cnn(C)c1BOC(C)(C)C(C)(C)O. The van der Waals surface area contributed by atoms with E-state index in [0.29, 0.717) is 20.7 Å². The van der Waals surface area contributed by atoms with Crippen molar-refractivity contribution in [2.45, 2.75) is 52.4 Å². The molecule has 0 spiro atoms. The molecule has 0 saturated carbocycles. The number of aliphatic hydroxyl groups is 1. The van der Waals surface area contributed by atoms with Crippen LogP contribution >= 0.6 is 0 Å². The van der Waals surface area contributed by atoms with Crippen LogP contribution in [0.4, 0.5) is 0 Å². The van der Waals surface area contributed by atoms with Crippen LogP contribution in [0.3, 0.4) is 0 Å². The van der Waals surface area contributed by atoms with E-state index in [0.717, 1.165) is 11.2 Å². The quantitative estimate of drug-likeness (QED) is 0.732. The van der Waals surface area contributed by atoms with Crippen molar-refractivity contribution >= 4 is 13.1 Å². The van der Waals surface area contributed by atoms with Gasteiger partial charge in [-0.2, -0.15) is 5.10 Å². The zero-order chi connectivity index (χ0) is 14.7. The molecule has 0 unspecified atom stereocenters. The Morgan fingerprint density at radius 3 is 2.53 bits per heavy atom. The Labute approximate surface area is 116 Å². The van der Waals surface area contributed by atoms with Crippen LogP contribution in [-0.2, 0) is 23.0 Å². The number of aromatic nitrogens is 2. The number of aryl methyl sites for hydroxylation is 1. The van der Waals surface area contributed by atoms with Crippen molar-refractivity contribution in [1.29, 1.82) is 0 Å². The largest absolute Gasteiger partial charge is 0.425 e. The molecule has 19 heavy (non-hydrogen) atoms. The molecular formula is C13H25BN2O3. The van der Waals surface area contributed by atoms with Gasteiger partial charge in [-0.05, 0) is 34.6 Å². The van der Waals surface area contributed by atoms with Gasteiger partial charge in [0.2, 0.25) is 0 Å². The third kappa shape index (κ3) is 4.06. The first-order chi connectivity index (χ1) is 8.69. The van der Waals surface area contributed by atoms with Gasteiger partial charge >= 0.3 is 7.48 Å². The van der Waals surface area contributed by atoms with Gasteiger partial charge in [0.1, 0.15) is 0 Å². The summed E-state index contributed by atoms with van der Waals surface area (Å²) in [4.78, 5) is 0. The van der Waals surface area contributed by atoms with E-state index in [-0.39, 0.29) is 0 Å². The molecule has 5 nitrogen and oxygen atoms in total. The van der Waals surface area contributed by atoms with Gasteiger partial charge in [-0.25, -0.2) is 0 Å². The first-order valence-electron chi connectivity index (χ1n) is 6.63. The Morgan fingerprint density at radius 2 is 2.00 bits per heavy atom. The Morgan fingerprint density at radius 1 is 1.37 bits per heavy atom. The average molecular weight is 268 g/mol. The first-order valence-corrected chi connectivity index (χ1v) is 6.63. The highest BCUT2D eigenvalue weighted by molar-refractivity contribution is 6.46. The maximum atomic E-state index is 10.1. The lowest BCUT2D eigenvalue weighted by Gasteiger charge is -2.37. The fourth-order valence-electron chi connectivity index (χ4n) is 1.45. The predicted molar refractivity (Wildman–Crippen MR) is 76.8 cm³/mol. The second kappa shape index (κ2) is 6.07. The molecule has 1 aromatic rings. The molecule has 0 aliphatic rings. The van der Waals surface area contributed by atoms with E-state index in [2.05, 4.69) is 5.10 Å². The minimum Gasteiger partial charge on any atom is -0.425 e. The highest BCUT2D eigenvalue weighted by Gasteiger charge is 2.36. The fraction of sp³-hybridized carbons (Fsp3) is 0.769. The standard InChI is InChI=1S/C13H25BN2O3/c1-7-18-9-10-8-15-16(6)11(10)14-19-13(4,5)12(2,3)17/h8,14,17H,7,9H2,1-6H3. The van der Waals surface area contributed by atoms with E-state index >= 15 is 0 Å². The van der Waals surface area contributed by atoms with Gasteiger partial charge in [0.25, 0.3) is 0 Å². The molecule has 0 amide bonds. The van der Waals surface area contributed by atoms with Crippen LogP contribution in [0.2, 0.25) is 0 Å². The van der Waals surface area contributed by atoms with E-state index in [1.165, 1.54) is 0 Å². The van der Waals surface area contributed by atoms with Gasteiger partial charge in [-0.15, -0.1) is 0 Å². The normalized spacial score (nSPS) is 12.8. The molecule has 1 N–H and O–H groups in total. The lowest BCUT2D eigenvalue weighted by molar-refractivity contribution is -0.0894. The summed E-state index contributed by atoms with van der Waals surface area (Å²) < 4.78 is 13.1. The summed E-state index contributed by atoms with van der Waals surface area (Å²) in [5.74, 6) is 0. The number of rotatable bonds is 7. The average Bonchev–Trinajstić information content (AvgIpc) is 2.63. The Bertz CT molecular complexity index is 411. The van der Waals surface area contributed by atoms with Gasteiger partial charge in [-0.1, -0.05) is 0 Å². The number of nitrogens with zero attached hydrogens (tertiary/aromatic N) is 2. The van der Waals surface area contributed by atoms with Crippen molar-refractivity contribution in [3.8, 4) is 0 Å². The molecule has 0 atom stereocenters. The Kier molecular flexibility index (Phi) is 5.18. The molecule has 0 aliphatic carbocycles. The van der Waals surface area contributed by atoms with Crippen molar-refractivity contribution in [2.24, 2.45) is 7.05 Å². The zero-order valence-electron chi connectivity index (χ0n) is 12.9. The van der Waals surface area contributed by atoms with Crippen LogP contribution in [-0.4, -0.2) is 40.2 Å². The monoisotopic (exact) mass is 268 g/mol. The molecule has 108 valence electrons. The van der Waals surface area contributed by atoms with Crippen molar-refractivity contribution in [2.75, 3.05) is 6.61 Å². The second-order valence-electron chi connectivity index (χ2n) is 5.74. The lowest BCUT2D eigenvalue weighted by atomic mass is 9.84. The second-order valence-corrected chi connectivity index (χ2v) is 5.74. The van der Waals surface area contributed by atoms with E-state index in [1.54, 1.807) is 24.7 Å². The summed E-state index contributed by atoms with van der Waals surface area (Å²) >= 11 is 0. The Hall–Kier alpha value is -0.845. The minimum absolute atomic E-state index is 0.399. The zero-order valence-corrected chi connectivity index (χ0v) is 12.9. The molecule has 0 aromatic carbocycles. The van der Waals surface area contributed by atoms with Crippen molar-refractivity contribution < 1.29 is 14.5 Å². The van der Waals surface area contributed by atoms with Crippen LogP contribution in [0.15, 0.2) is 6.20 Å². The van der Waals surface area contributed by atoms with Crippen molar-refractivity contribution in [1.82, 2.24) is 9.78 Å². The number of hydrogen-bond donors (Lipinski definition) is 1. The molecule has 0 radical (unpaired) electrons. The van der Waals surface area contributed by atoms with Gasteiger partial charge < -0.3 is 14.5 Å². The van der Waals surface area contributed by atoms with Crippen molar-refractivity contribution in [3.63, 3.8) is 0 Å². The summed E-state index contributed by atoms with van der Waals surface area (Å²) in [5.41, 5.74) is 0.452. The van der Waals surface area contributed by atoms with Gasteiger partial charge in [0, 0.05) is 24.8 Å². The molecule has 1 heterocycles. The third-order valence-electron chi connectivity index (χ3n) is 3.65. The lowest BCUT2D eigenvalue weighted by Crippen LogP contribution is -2.50. The van der Waals surface area contributed by atoms with Crippen LogP contribution in [0, 0.1) is 0 Å². The van der Waals surface area contributed by atoms with Crippen LogP contribution in [0.5, 0.6) is 0 Å².